The number of carbonyl (C=O) groups excluding carboxylic acids is 1. The fourth-order valence-electron chi connectivity index (χ4n) is 2.89. The number of H-pyrrole nitrogens is 2. The predicted molar refractivity (Wildman–Crippen MR) is 81.3 cm³/mol. The van der Waals surface area contributed by atoms with Gasteiger partial charge in [0, 0.05) is 34.4 Å². The zero-order valence-corrected chi connectivity index (χ0v) is 11.8. The lowest BCUT2D eigenvalue weighted by Gasteiger charge is -1.99. The van der Waals surface area contributed by atoms with E-state index in [4.69, 9.17) is 0 Å². The van der Waals surface area contributed by atoms with Crippen LogP contribution in [0.2, 0.25) is 0 Å². The molecular formula is C16H16N4O. The molecule has 0 bridgehead atoms. The van der Waals surface area contributed by atoms with Crippen molar-refractivity contribution in [1.29, 1.82) is 0 Å². The minimum atomic E-state index is -0.0800. The number of aryl methyl sites for hydroxylation is 2. The third kappa shape index (κ3) is 2.01. The second kappa shape index (κ2) is 4.48. The molecule has 2 aromatic heterocycles. The fraction of sp³-hybridized carbons (Fsp3) is 0.250. The van der Waals surface area contributed by atoms with Crippen molar-refractivity contribution in [3.8, 4) is 11.4 Å². The summed E-state index contributed by atoms with van der Waals surface area (Å²) in [6, 6.07) is 8.27. The standard InChI is InChI=1S/C16H16N4O/c1-9-7-11-8-10(4-5-12(11)18-9)15-19-13-3-2-6-17-16(21)14(13)20-15/h4-5,7-8,18H,2-3,6H2,1H3,(H,17,21)(H,19,20). The van der Waals surface area contributed by atoms with E-state index < -0.39 is 0 Å². The number of imidazole rings is 1. The van der Waals surface area contributed by atoms with Crippen LogP contribution >= 0.6 is 0 Å². The number of aromatic amines is 2. The van der Waals surface area contributed by atoms with Crippen LogP contribution in [0.25, 0.3) is 22.3 Å². The van der Waals surface area contributed by atoms with Gasteiger partial charge in [-0.2, -0.15) is 0 Å². The molecule has 1 aliphatic rings. The van der Waals surface area contributed by atoms with Crippen molar-refractivity contribution >= 4 is 16.8 Å². The van der Waals surface area contributed by atoms with Crippen LogP contribution in [0.4, 0.5) is 0 Å². The van der Waals surface area contributed by atoms with Crippen LogP contribution in [0.1, 0.15) is 28.3 Å². The van der Waals surface area contributed by atoms with Crippen molar-refractivity contribution in [2.24, 2.45) is 0 Å². The highest BCUT2D eigenvalue weighted by Gasteiger charge is 2.20. The predicted octanol–water partition coefficient (Wildman–Crippen LogP) is 2.54. The zero-order valence-electron chi connectivity index (χ0n) is 11.8. The summed E-state index contributed by atoms with van der Waals surface area (Å²) >= 11 is 0. The van der Waals surface area contributed by atoms with Crippen LogP contribution in [0, 0.1) is 6.92 Å². The number of benzene rings is 1. The molecular weight excluding hydrogens is 264 g/mol. The molecule has 1 aromatic carbocycles. The Balaban J connectivity index is 1.81. The summed E-state index contributed by atoms with van der Waals surface area (Å²) in [5, 5.41) is 4.03. The number of carbonyl (C=O) groups is 1. The molecule has 0 saturated carbocycles. The van der Waals surface area contributed by atoms with Gasteiger partial charge in [0.2, 0.25) is 0 Å². The summed E-state index contributed by atoms with van der Waals surface area (Å²) in [5.41, 5.74) is 4.72. The highest BCUT2D eigenvalue weighted by molar-refractivity contribution is 5.94. The molecule has 21 heavy (non-hydrogen) atoms. The maximum absolute atomic E-state index is 12.0. The van der Waals surface area contributed by atoms with E-state index in [9.17, 15) is 4.79 Å². The first-order valence-electron chi connectivity index (χ1n) is 7.17. The van der Waals surface area contributed by atoms with Crippen LogP contribution in [0.3, 0.4) is 0 Å². The monoisotopic (exact) mass is 280 g/mol. The van der Waals surface area contributed by atoms with Crippen LogP contribution in [-0.2, 0) is 6.42 Å². The number of hydrogen-bond donors (Lipinski definition) is 3. The number of fused-ring (bicyclic) bond motifs is 2. The van der Waals surface area contributed by atoms with Crippen molar-refractivity contribution < 1.29 is 4.79 Å². The van der Waals surface area contributed by atoms with Crippen molar-refractivity contribution in [2.75, 3.05) is 6.54 Å². The first-order valence-corrected chi connectivity index (χ1v) is 7.17. The Kier molecular flexibility index (Phi) is 2.60. The van der Waals surface area contributed by atoms with Gasteiger partial charge in [-0.05, 0) is 44.0 Å². The average Bonchev–Trinajstić information content (AvgIpc) is 3.00. The van der Waals surface area contributed by atoms with Crippen molar-refractivity contribution in [3.63, 3.8) is 0 Å². The SMILES string of the molecule is Cc1cc2cc(-c3nc4c([nH]3)CCCNC4=O)ccc2[nH]1. The van der Waals surface area contributed by atoms with E-state index in [1.807, 2.05) is 19.1 Å². The molecule has 5 heteroatoms. The van der Waals surface area contributed by atoms with Gasteiger partial charge in [0.05, 0.1) is 0 Å². The smallest absolute Gasteiger partial charge is 0.271 e. The minimum Gasteiger partial charge on any atom is -0.359 e. The lowest BCUT2D eigenvalue weighted by atomic mass is 10.1. The van der Waals surface area contributed by atoms with Crippen LogP contribution < -0.4 is 5.32 Å². The van der Waals surface area contributed by atoms with Gasteiger partial charge in [-0.25, -0.2) is 4.98 Å². The Morgan fingerprint density at radius 3 is 3.00 bits per heavy atom. The molecule has 1 amide bonds. The number of hydrogen-bond acceptors (Lipinski definition) is 2. The van der Waals surface area contributed by atoms with E-state index in [1.54, 1.807) is 0 Å². The van der Waals surface area contributed by atoms with Crippen molar-refractivity contribution in [3.05, 3.63) is 41.3 Å². The fourth-order valence-corrected chi connectivity index (χ4v) is 2.89. The molecule has 5 nitrogen and oxygen atoms in total. The Morgan fingerprint density at radius 2 is 2.10 bits per heavy atom. The third-order valence-electron chi connectivity index (χ3n) is 3.91. The van der Waals surface area contributed by atoms with Gasteiger partial charge in [-0.15, -0.1) is 0 Å². The first kappa shape index (κ1) is 12.2. The molecule has 0 fully saturated rings. The van der Waals surface area contributed by atoms with Gasteiger partial charge in [0.25, 0.3) is 5.91 Å². The molecule has 106 valence electrons. The second-order valence-electron chi connectivity index (χ2n) is 5.53. The molecule has 3 heterocycles. The van der Waals surface area contributed by atoms with E-state index in [-0.39, 0.29) is 5.91 Å². The average molecular weight is 280 g/mol. The highest BCUT2D eigenvalue weighted by atomic mass is 16.1. The van der Waals surface area contributed by atoms with Gasteiger partial charge >= 0.3 is 0 Å². The summed E-state index contributed by atoms with van der Waals surface area (Å²) in [6.07, 6.45) is 1.79. The Morgan fingerprint density at radius 1 is 1.19 bits per heavy atom. The first-order chi connectivity index (χ1) is 10.2. The largest absolute Gasteiger partial charge is 0.359 e. The molecule has 1 aliphatic heterocycles. The van der Waals surface area contributed by atoms with E-state index in [0.29, 0.717) is 12.2 Å². The summed E-state index contributed by atoms with van der Waals surface area (Å²) in [4.78, 5) is 23.1. The Labute approximate surface area is 121 Å². The maximum Gasteiger partial charge on any atom is 0.271 e. The summed E-state index contributed by atoms with van der Waals surface area (Å²) < 4.78 is 0. The number of nitrogens with one attached hydrogen (secondary N) is 3. The second-order valence-corrected chi connectivity index (χ2v) is 5.53. The molecule has 0 unspecified atom stereocenters. The number of amides is 1. The highest BCUT2D eigenvalue weighted by Crippen LogP contribution is 2.25. The van der Waals surface area contributed by atoms with Crippen molar-refractivity contribution in [2.45, 2.75) is 19.8 Å². The Hall–Kier alpha value is -2.56. The lowest BCUT2D eigenvalue weighted by molar-refractivity contribution is 0.0951. The van der Waals surface area contributed by atoms with Crippen LogP contribution in [-0.4, -0.2) is 27.4 Å². The molecule has 0 atom stereocenters. The molecule has 0 saturated heterocycles. The normalized spacial score (nSPS) is 14.8. The van der Waals surface area contributed by atoms with Gasteiger partial charge < -0.3 is 15.3 Å². The van der Waals surface area contributed by atoms with E-state index >= 15 is 0 Å². The Bertz CT molecular complexity index is 843. The number of rotatable bonds is 1. The minimum absolute atomic E-state index is 0.0800. The number of aromatic nitrogens is 3. The van der Waals surface area contributed by atoms with Gasteiger partial charge in [0.1, 0.15) is 11.5 Å². The van der Waals surface area contributed by atoms with Crippen molar-refractivity contribution in [1.82, 2.24) is 20.3 Å². The van der Waals surface area contributed by atoms with Crippen LogP contribution in [0.5, 0.6) is 0 Å². The zero-order chi connectivity index (χ0) is 14.4. The molecule has 0 aliphatic carbocycles. The third-order valence-corrected chi connectivity index (χ3v) is 3.91. The quantitative estimate of drug-likeness (QED) is 0.641. The van der Waals surface area contributed by atoms with E-state index in [1.165, 1.54) is 0 Å². The van der Waals surface area contributed by atoms with E-state index in [0.717, 1.165) is 46.5 Å². The van der Waals surface area contributed by atoms with Gasteiger partial charge in [-0.1, -0.05) is 0 Å². The molecule has 0 spiro atoms. The van der Waals surface area contributed by atoms with Gasteiger partial charge in [0.15, 0.2) is 0 Å². The maximum atomic E-state index is 12.0. The van der Waals surface area contributed by atoms with Crippen LogP contribution in [0.15, 0.2) is 24.3 Å². The molecule has 4 rings (SSSR count). The summed E-state index contributed by atoms with van der Waals surface area (Å²) in [6.45, 7) is 2.76. The number of nitrogens with zero attached hydrogens (tertiary/aromatic N) is 1. The summed E-state index contributed by atoms with van der Waals surface area (Å²) in [7, 11) is 0. The summed E-state index contributed by atoms with van der Waals surface area (Å²) in [5.74, 6) is 0.682. The lowest BCUT2D eigenvalue weighted by Crippen LogP contribution is -2.23. The van der Waals surface area contributed by atoms with E-state index in [2.05, 4.69) is 32.4 Å². The topological polar surface area (TPSA) is 73.6 Å². The van der Waals surface area contributed by atoms with Gasteiger partial charge in [-0.3, -0.25) is 4.79 Å². The molecule has 0 radical (unpaired) electrons. The molecule has 3 aromatic rings. The molecule has 3 N–H and O–H groups in total.